The third kappa shape index (κ3) is 6.87. The number of nitrogens with one attached hydrogen (secondary N) is 1. The smallest absolute Gasteiger partial charge is 0.318 e. The zero-order valence-corrected chi connectivity index (χ0v) is 23.8. The summed E-state index contributed by atoms with van der Waals surface area (Å²) in [5.41, 5.74) is 2.71. The highest BCUT2D eigenvalue weighted by Gasteiger charge is 2.34. The minimum atomic E-state index is -3.40. The van der Waals surface area contributed by atoms with Gasteiger partial charge in [-0.15, -0.1) is 0 Å². The van der Waals surface area contributed by atoms with Crippen molar-refractivity contribution in [1.82, 2.24) is 15.1 Å². The van der Waals surface area contributed by atoms with Crippen LogP contribution in [-0.2, 0) is 21.2 Å². The molecule has 0 aromatic heterocycles. The van der Waals surface area contributed by atoms with Gasteiger partial charge in [-0.3, -0.25) is 9.10 Å². The standard InChI is InChI=1S/C29H36ClN4O4S/c1-39(37,38)34(20-22-7-8-22)27-6-3-2-5-25(27)23-13-17-32(18-14-23)28(35)26(31-29(36)33-15-4-16-33)19-21-9-11-24(30)12-10-21/h2-6,9-12,22-23,26H,7-8,13-20H2,1H3,(H,31,36)/t26-/m1/s1. The average molecular weight is 572 g/mol. The first kappa shape index (κ1) is 27.8. The Hall–Kier alpha value is -2.78. The van der Waals surface area contributed by atoms with Crippen LogP contribution in [0.4, 0.5) is 10.5 Å². The van der Waals surface area contributed by atoms with Gasteiger partial charge in [0.05, 0.1) is 11.9 Å². The number of sulfonamides is 1. The largest absolute Gasteiger partial charge is 0.341 e. The fourth-order valence-electron chi connectivity index (χ4n) is 5.36. The van der Waals surface area contributed by atoms with E-state index in [-0.39, 0.29) is 17.9 Å². The summed E-state index contributed by atoms with van der Waals surface area (Å²) in [6.07, 6.45) is 7.26. The number of benzene rings is 2. The second-order valence-electron chi connectivity index (χ2n) is 10.9. The monoisotopic (exact) mass is 571 g/mol. The number of hydrogen-bond acceptors (Lipinski definition) is 4. The molecule has 1 aliphatic carbocycles. The van der Waals surface area contributed by atoms with Crippen molar-refractivity contribution >= 4 is 39.2 Å². The molecule has 209 valence electrons. The number of urea groups is 1. The van der Waals surface area contributed by atoms with Crippen molar-refractivity contribution in [3.05, 3.63) is 71.1 Å². The van der Waals surface area contributed by atoms with Gasteiger partial charge in [-0.2, -0.15) is 0 Å². The Morgan fingerprint density at radius 3 is 2.26 bits per heavy atom. The summed E-state index contributed by atoms with van der Waals surface area (Å²) in [5.74, 6) is 0.477. The van der Waals surface area contributed by atoms with Gasteiger partial charge in [0.15, 0.2) is 0 Å². The molecule has 1 saturated carbocycles. The van der Waals surface area contributed by atoms with E-state index in [1.165, 1.54) is 6.26 Å². The van der Waals surface area contributed by atoms with Crippen LogP contribution < -0.4 is 9.62 Å². The summed E-state index contributed by atoms with van der Waals surface area (Å²) in [7, 11) is -3.40. The number of amides is 3. The summed E-state index contributed by atoms with van der Waals surface area (Å²) in [6.45, 7) is 2.79. The molecular weight excluding hydrogens is 536 g/mol. The van der Waals surface area contributed by atoms with Gasteiger partial charge in [0.25, 0.3) is 0 Å². The van der Waals surface area contributed by atoms with Crippen LogP contribution in [0.15, 0.2) is 48.5 Å². The average Bonchev–Trinajstić information content (AvgIpc) is 3.71. The number of carbonyl (C=O) groups excluding carboxylic acids is 2. The van der Waals surface area contributed by atoms with E-state index in [9.17, 15) is 18.0 Å². The highest BCUT2D eigenvalue weighted by molar-refractivity contribution is 7.92. The SMILES string of the molecule is CS(=O)(=O)N(CC1CC1)c1ccccc1C1CCN(C(=O)[C@@H](Cc2ccc(Cl)cc2)NC(=O)N2C[CH]C2)CC1. The van der Waals surface area contributed by atoms with Crippen LogP contribution in [-0.4, -0.2) is 75.2 Å². The predicted octanol–water partition coefficient (Wildman–Crippen LogP) is 4.06. The molecule has 2 heterocycles. The van der Waals surface area contributed by atoms with E-state index < -0.39 is 16.1 Å². The maximum Gasteiger partial charge on any atom is 0.318 e. The molecule has 0 bridgehead atoms. The molecule has 5 rings (SSSR count). The third-order valence-electron chi connectivity index (χ3n) is 7.91. The lowest BCUT2D eigenvalue weighted by atomic mass is 9.88. The first-order valence-electron chi connectivity index (χ1n) is 13.7. The van der Waals surface area contributed by atoms with Crippen LogP contribution in [0.1, 0.15) is 42.7 Å². The third-order valence-corrected chi connectivity index (χ3v) is 9.31. The molecule has 3 amide bonds. The molecule has 8 nitrogen and oxygen atoms in total. The number of anilines is 1. The van der Waals surface area contributed by atoms with E-state index in [0.717, 1.165) is 42.5 Å². The van der Waals surface area contributed by atoms with Crippen molar-refractivity contribution in [2.75, 3.05) is 43.3 Å². The fourth-order valence-corrected chi connectivity index (χ4v) is 6.49. The van der Waals surface area contributed by atoms with Gasteiger partial charge in [-0.25, -0.2) is 13.2 Å². The van der Waals surface area contributed by atoms with E-state index >= 15 is 0 Å². The van der Waals surface area contributed by atoms with Gasteiger partial charge in [0.1, 0.15) is 6.04 Å². The fraction of sp³-hybridized carbons (Fsp3) is 0.483. The topological polar surface area (TPSA) is 90.0 Å². The van der Waals surface area contributed by atoms with Crippen molar-refractivity contribution in [3.63, 3.8) is 0 Å². The summed E-state index contributed by atoms with van der Waals surface area (Å²) in [4.78, 5) is 29.9. The molecule has 0 unspecified atom stereocenters. The Morgan fingerprint density at radius 1 is 1.00 bits per heavy atom. The second kappa shape index (κ2) is 11.8. The zero-order chi connectivity index (χ0) is 27.6. The number of carbonyl (C=O) groups is 2. The van der Waals surface area contributed by atoms with E-state index in [1.54, 1.807) is 21.3 Å². The lowest BCUT2D eigenvalue weighted by Gasteiger charge is -2.37. The number of para-hydroxylation sites is 1. The van der Waals surface area contributed by atoms with Gasteiger partial charge in [-0.1, -0.05) is 41.9 Å². The normalized spacial score (nSPS) is 18.8. The van der Waals surface area contributed by atoms with Crippen molar-refractivity contribution in [2.45, 2.75) is 44.1 Å². The number of halogens is 1. The molecule has 3 aliphatic rings. The van der Waals surface area contributed by atoms with Crippen LogP contribution in [0.25, 0.3) is 0 Å². The van der Waals surface area contributed by atoms with Crippen LogP contribution >= 0.6 is 11.6 Å². The molecule has 10 heteroatoms. The number of hydrogen-bond donors (Lipinski definition) is 1. The van der Waals surface area contributed by atoms with E-state index in [0.29, 0.717) is 50.1 Å². The van der Waals surface area contributed by atoms with Gasteiger partial charge < -0.3 is 15.1 Å². The van der Waals surface area contributed by atoms with E-state index in [4.69, 9.17) is 11.6 Å². The molecule has 2 aromatic rings. The van der Waals surface area contributed by atoms with Crippen molar-refractivity contribution in [3.8, 4) is 0 Å². The van der Waals surface area contributed by atoms with Crippen molar-refractivity contribution < 1.29 is 18.0 Å². The molecule has 0 spiro atoms. The zero-order valence-electron chi connectivity index (χ0n) is 22.3. The van der Waals surface area contributed by atoms with Crippen LogP contribution in [0.2, 0.25) is 5.02 Å². The molecule has 1 radical (unpaired) electrons. The molecule has 1 N–H and O–H groups in total. The van der Waals surface area contributed by atoms with Crippen LogP contribution in [0, 0.1) is 12.3 Å². The Kier molecular flexibility index (Phi) is 8.38. The quantitative estimate of drug-likeness (QED) is 0.491. The Morgan fingerprint density at radius 2 is 1.67 bits per heavy atom. The van der Waals surface area contributed by atoms with E-state index in [2.05, 4.69) is 5.32 Å². The maximum absolute atomic E-state index is 13.7. The van der Waals surface area contributed by atoms with Crippen LogP contribution in [0.3, 0.4) is 0 Å². The number of piperidine rings is 1. The first-order chi connectivity index (χ1) is 18.7. The molecule has 39 heavy (non-hydrogen) atoms. The van der Waals surface area contributed by atoms with E-state index in [1.807, 2.05) is 47.7 Å². The minimum Gasteiger partial charge on any atom is -0.341 e. The second-order valence-corrected chi connectivity index (χ2v) is 13.3. The van der Waals surface area contributed by atoms with Crippen LogP contribution in [0.5, 0.6) is 0 Å². The summed E-state index contributed by atoms with van der Waals surface area (Å²) < 4.78 is 27.0. The number of nitrogens with zero attached hydrogens (tertiary/aromatic N) is 3. The lowest BCUT2D eigenvalue weighted by molar-refractivity contribution is -0.134. The molecular formula is C29H36ClN4O4S. The number of likely N-dealkylation sites (tertiary alicyclic amines) is 2. The Balaban J connectivity index is 1.28. The minimum absolute atomic E-state index is 0.0963. The highest BCUT2D eigenvalue weighted by Crippen LogP contribution is 2.38. The molecule has 3 fully saturated rings. The van der Waals surface area contributed by atoms with Gasteiger partial charge in [-0.05, 0) is 66.8 Å². The predicted molar refractivity (Wildman–Crippen MR) is 153 cm³/mol. The van der Waals surface area contributed by atoms with Gasteiger partial charge in [0, 0.05) is 50.6 Å². The van der Waals surface area contributed by atoms with Gasteiger partial charge in [0.2, 0.25) is 15.9 Å². The summed E-state index contributed by atoms with van der Waals surface area (Å²) in [5, 5.41) is 3.58. The maximum atomic E-state index is 13.7. The summed E-state index contributed by atoms with van der Waals surface area (Å²) in [6, 6.07) is 14.2. The van der Waals surface area contributed by atoms with Crippen molar-refractivity contribution in [2.24, 2.45) is 5.92 Å². The molecule has 2 saturated heterocycles. The molecule has 1 atom stereocenters. The summed E-state index contributed by atoms with van der Waals surface area (Å²) >= 11 is 6.04. The molecule has 2 aliphatic heterocycles. The number of rotatable bonds is 9. The highest BCUT2D eigenvalue weighted by atomic mass is 35.5. The van der Waals surface area contributed by atoms with Crippen molar-refractivity contribution in [1.29, 1.82) is 0 Å². The lowest BCUT2D eigenvalue weighted by Crippen LogP contribution is -2.56. The first-order valence-corrected chi connectivity index (χ1v) is 15.9. The Bertz CT molecular complexity index is 1290. The Labute approximate surface area is 236 Å². The molecule has 2 aromatic carbocycles. The van der Waals surface area contributed by atoms with Gasteiger partial charge >= 0.3 is 6.03 Å².